The van der Waals surface area contributed by atoms with Crippen molar-refractivity contribution in [2.24, 2.45) is 5.92 Å². The Bertz CT molecular complexity index is 1080. The smallest absolute Gasteiger partial charge is 0.339 e. The normalized spacial score (nSPS) is 34.6. The predicted octanol–water partition coefficient (Wildman–Crippen LogP) is -4.04. The summed E-state index contributed by atoms with van der Waals surface area (Å²) >= 11 is 0. The summed E-state index contributed by atoms with van der Waals surface area (Å²) in [6.07, 6.45) is -19.5. The number of aliphatic carboxylic acids is 1. The molecule has 17 nitrogen and oxygen atoms in total. The third-order valence-electron chi connectivity index (χ3n) is 7.32. The lowest BCUT2D eigenvalue weighted by Crippen LogP contribution is -2.64. The molecule has 3 rings (SSSR count). The van der Waals surface area contributed by atoms with Crippen LogP contribution in [-0.2, 0) is 35.1 Å². The van der Waals surface area contributed by atoms with Crippen molar-refractivity contribution >= 4 is 11.9 Å². The number of carbonyl (C=O) groups is 2. The maximum atomic E-state index is 12.9. The highest BCUT2D eigenvalue weighted by Gasteiger charge is 2.56. The van der Waals surface area contributed by atoms with Crippen LogP contribution in [0.25, 0.3) is 0 Å². The second-order valence-corrected chi connectivity index (χ2v) is 11.1. The van der Waals surface area contributed by atoms with Crippen molar-refractivity contribution < 1.29 is 84.3 Å². The summed E-state index contributed by atoms with van der Waals surface area (Å²) in [5, 5.41) is 100. The van der Waals surface area contributed by atoms with E-state index in [2.05, 4.69) is 0 Å². The molecule has 12 atom stereocenters. The van der Waals surface area contributed by atoms with E-state index in [-0.39, 0.29) is 5.75 Å². The molecule has 1 aromatic carbocycles. The van der Waals surface area contributed by atoms with Crippen LogP contribution in [0.4, 0.5) is 0 Å². The highest BCUT2D eigenvalue weighted by Crippen LogP contribution is 2.33. The first kappa shape index (κ1) is 36.0. The van der Waals surface area contributed by atoms with E-state index in [1.54, 1.807) is 13.8 Å². The maximum Gasteiger partial charge on any atom is 0.339 e. The largest absolute Gasteiger partial charge is 0.479 e. The van der Waals surface area contributed by atoms with Crippen molar-refractivity contribution in [1.29, 1.82) is 0 Å². The number of esters is 1. The lowest BCUT2D eigenvalue weighted by Gasteiger charge is -2.44. The van der Waals surface area contributed by atoms with Gasteiger partial charge in [0.25, 0.3) is 0 Å². The van der Waals surface area contributed by atoms with Gasteiger partial charge in [-0.15, -0.1) is 0 Å². The monoisotopic (exact) mass is 636 g/mol. The Morgan fingerprint density at radius 1 is 0.818 bits per heavy atom. The third-order valence-corrected chi connectivity index (χ3v) is 7.32. The number of carbonyl (C=O) groups excluding carboxylic acids is 1. The molecule has 0 amide bonds. The van der Waals surface area contributed by atoms with Crippen molar-refractivity contribution in [3.63, 3.8) is 0 Å². The van der Waals surface area contributed by atoms with Crippen LogP contribution in [0.5, 0.6) is 5.75 Å². The zero-order valence-corrected chi connectivity index (χ0v) is 23.9. The lowest BCUT2D eigenvalue weighted by atomic mass is 9.86. The second kappa shape index (κ2) is 15.2. The Balaban J connectivity index is 1.70. The molecular formula is C27H40O17. The first-order valence-electron chi connectivity index (χ1n) is 13.8. The Morgan fingerprint density at radius 3 is 1.80 bits per heavy atom. The van der Waals surface area contributed by atoms with Gasteiger partial charge in [0.05, 0.1) is 13.2 Å². The van der Waals surface area contributed by atoms with E-state index < -0.39 is 117 Å². The Morgan fingerprint density at radius 2 is 1.32 bits per heavy atom. The molecule has 10 N–H and O–H groups in total. The highest BCUT2D eigenvalue weighted by atomic mass is 16.7. The molecule has 0 radical (unpaired) electrons. The topological polar surface area (TPSA) is 283 Å². The molecular weight excluding hydrogens is 596 g/mol. The van der Waals surface area contributed by atoms with Gasteiger partial charge < -0.3 is 74.7 Å². The standard InChI is InChI=1S/C27H40O17/c1-11(2)7-27(26(38)39,44-25-21(35)19(33)17(31)15(9-29)43-25)22(36)23(37)40-10-12-3-5-13(6-4-12)41-24-20(34)18(32)16(30)14(8-28)42-24/h3-6,11,14-22,24-25,28-36H,7-10H2,1-2H3,(H,38,39)/t14-,15-,16-,17-,18+,19+,20-,21-,22-,24-,25+,27-/m1/s1. The minimum atomic E-state index is -2.75. The van der Waals surface area contributed by atoms with Gasteiger partial charge in [0.2, 0.25) is 11.9 Å². The van der Waals surface area contributed by atoms with E-state index >= 15 is 0 Å². The molecule has 1 aromatic rings. The maximum absolute atomic E-state index is 12.9. The van der Waals surface area contributed by atoms with Crippen molar-refractivity contribution in [2.75, 3.05) is 13.2 Å². The molecule has 0 unspecified atom stereocenters. The van der Waals surface area contributed by atoms with Gasteiger partial charge in [0, 0.05) is 0 Å². The van der Waals surface area contributed by atoms with E-state index in [0.717, 1.165) is 0 Å². The summed E-state index contributed by atoms with van der Waals surface area (Å²) in [5.41, 5.74) is -2.41. The molecule has 2 heterocycles. The van der Waals surface area contributed by atoms with E-state index in [0.29, 0.717) is 5.56 Å². The van der Waals surface area contributed by atoms with Gasteiger partial charge in [-0.25, -0.2) is 9.59 Å². The Labute approximate surface area is 251 Å². The molecule has 0 aromatic heterocycles. The molecule has 2 aliphatic heterocycles. The van der Waals surface area contributed by atoms with Gasteiger partial charge in [-0.2, -0.15) is 0 Å². The summed E-state index contributed by atoms with van der Waals surface area (Å²) in [5.74, 6) is -3.62. The van der Waals surface area contributed by atoms with Crippen LogP contribution in [0, 0.1) is 5.92 Å². The SMILES string of the molecule is CC(C)C[C@](O[C@@H]1O[C@H](CO)[C@@H](O)[C@H](O)[C@H]1O)(C(=O)O)[C@H](O)C(=O)OCc1ccc(O[C@@H]2O[C@H](CO)[C@@H](O)[C@H](O)[C@H]2O)cc1. The molecule has 0 bridgehead atoms. The van der Waals surface area contributed by atoms with Gasteiger partial charge in [-0.05, 0) is 30.0 Å². The number of hydrogen-bond acceptors (Lipinski definition) is 16. The highest BCUT2D eigenvalue weighted by molar-refractivity contribution is 5.88. The van der Waals surface area contributed by atoms with Crippen LogP contribution >= 0.6 is 0 Å². The van der Waals surface area contributed by atoms with Crippen LogP contribution in [0.1, 0.15) is 25.8 Å². The zero-order chi connectivity index (χ0) is 32.9. The van der Waals surface area contributed by atoms with E-state index in [1.807, 2.05) is 0 Å². The zero-order valence-electron chi connectivity index (χ0n) is 23.9. The molecule has 17 heteroatoms. The number of rotatable bonds is 13. The van der Waals surface area contributed by atoms with Crippen molar-refractivity contribution in [1.82, 2.24) is 0 Å². The molecule has 2 aliphatic rings. The number of carboxylic acids is 1. The van der Waals surface area contributed by atoms with Crippen LogP contribution in [0.2, 0.25) is 0 Å². The van der Waals surface area contributed by atoms with Gasteiger partial charge in [0.15, 0.2) is 12.4 Å². The quantitative estimate of drug-likeness (QED) is 0.0922. The number of benzene rings is 1. The molecule has 0 aliphatic carbocycles. The van der Waals surface area contributed by atoms with Crippen molar-refractivity contribution in [3.8, 4) is 5.75 Å². The number of aliphatic hydroxyl groups excluding tert-OH is 9. The third kappa shape index (κ3) is 7.82. The summed E-state index contributed by atoms with van der Waals surface area (Å²) in [6.45, 7) is 1.20. The van der Waals surface area contributed by atoms with E-state index in [1.165, 1.54) is 24.3 Å². The summed E-state index contributed by atoms with van der Waals surface area (Å²) in [6, 6.07) is 5.59. The predicted molar refractivity (Wildman–Crippen MR) is 141 cm³/mol. The number of hydrogen-bond donors (Lipinski definition) is 10. The lowest BCUT2D eigenvalue weighted by molar-refractivity contribution is -0.333. The van der Waals surface area contributed by atoms with E-state index in [9.17, 15) is 60.7 Å². The number of carboxylic acid groups (broad SMARTS) is 1. The van der Waals surface area contributed by atoms with Crippen molar-refractivity contribution in [2.45, 2.75) is 100.0 Å². The molecule has 2 fully saturated rings. The van der Waals surface area contributed by atoms with Crippen LogP contribution < -0.4 is 4.74 Å². The molecule has 0 spiro atoms. The van der Waals surface area contributed by atoms with Crippen molar-refractivity contribution in [3.05, 3.63) is 29.8 Å². The van der Waals surface area contributed by atoms with Gasteiger partial charge in [-0.1, -0.05) is 26.0 Å². The molecule has 0 saturated carbocycles. The summed E-state index contributed by atoms with van der Waals surface area (Å²) < 4.78 is 26.6. The van der Waals surface area contributed by atoms with E-state index in [4.69, 9.17) is 23.7 Å². The summed E-state index contributed by atoms with van der Waals surface area (Å²) in [7, 11) is 0. The minimum Gasteiger partial charge on any atom is -0.479 e. The average Bonchev–Trinajstić information content (AvgIpc) is 2.99. The number of aliphatic hydroxyl groups is 9. The van der Waals surface area contributed by atoms with Crippen LogP contribution in [-0.4, -0.2) is 149 Å². The fourth-order valence-electron chi connectivity index (χ4n) is 4.84. The summed E-state index contributed by atoms with van der Waals surface area (Å²) in [4.78, 5) is 25.4. The minimum absolute atomic E-state index is 0.124. The van der Waals surface area contributed by atoms with Crippen LogP contribution in [0.3, 0.4) is 0 Å². The van der Waals surface area contributed by atoms with Crippen LogP contribution in [0.15, 0.2) is 24.3 Å². The van der Waals surface area contributed by atoms with Gasteiger partial charge in [-0.3, -0.25) is 0 Å². The fraction of sp³-hybridized carbons (Fsp3) is 0.704. The second-order valence-electron chi connectivity index (χ2n) is 11.1. The number of ether oxygens (including phenoxy) is 5. The first-order chi connectivity index (χ1) is 20.7. The molecule has 250 valence electrons. The Kier molecular flexibility index (Phi) is 12.4. The molecule has 44 heavy (non-hydrogen) atoms. The fourth-order valence-corrected chi connectivity index (χ4v) is 4.84. The van der Waals surface area contributed by atoms with Gasteiger partial charge >= 0.3 is 11.9 Å². The average molecular weight is 637 g/mol. The molecule has 2 saturated heterocycles. The van der Waals surface area contributed by atoms with Gasteiger partial charge in [0.1, 0.15) is 61.2 Å². The Hall–Kier alpha value is -2.52. The first-order valence-corrected chi connectivity index (χ1v) is 13.8.